The topological polar surface area (TPSA) is 38.3 Å². The van der Waals surface area contributed by atoms with E-state index in [4.69, 9.17) is 23.2 Å². The van der Waals surface area contributed by atoms with Crippen LogP contribution in [0.25, 0.3) is 0 Å². The Kier molecular flexibility index (Phi) is 6.19. The average Bonchev–Trinajstić information content (AvgIpc) is 2.51. The lowest BCUT2D eigenvalue weighted by molar-refractivity contribution is -0.0498. The van der Waals surface area contributed by atoms with E-state index in [2.05, 4.69) is 10.1 Å². The average molecular weight is 360 g/mol. The molecule has 1 N–H and O–H groups in total. The molecule has 0 unspecified atom stereocenters. The second kappa shape index (κ2) is 8.13. The zero-order chi connectivity index (χ0) is 16.8. The van der Waals surface area contributed by atoms with Gasteiger partial charge in [-0.2, -0.15) is 8.78 Å². The van der Waals surface area contributed by atoms with Crippen LogP contribution in [0.15, 0.2) is 42.5 Å². The molecule has 0 aliphatic rings. The standard InChI is InChI=1S/C16H13Cl2F2NO2/c17-13-6-3-11(9-14(13)18)15(22)21-8-7-10-1-4-12(5-2-10)23-16(19)20/h1-6,9,16H,7-8H2,(H,21,22). The molecule has 0 aliphatic heterocycles. The Morgan fingerprint density at radius 2 is 1.78 bits per heavy atom. The van der Waals surface area contributed by atoms with Crippen LogP contribution in [0.5, 0.6) is 5.75 Å². The van der Waals surface area contributed by atoms with Crippen LogP contribution < -0.4 is 10.1 Å². The summed E-state index contributed by atoms with van der Waals surface area (Å²) in [6.07, 6.45) is 0.558. The van der Waals surface area contributed by atoms with Gasteiger partial charge in [-0.3, -0.25) is 4.79 Å². The van der Waals surface area contributed by atoms with E-state index >= 15 is 0 Å². The number of amides is 1. The maximum atomic E-state index is 12.0. The number of hydrogen-bond donors (Lipinski definition) is 1. The Morgan fingerprint density at radius 3 is 2.39 bits per heavy atom. The van der Waals surface area contributed by atoms with Gasteiger partial charge in [0.1, 0.15) is 5.75 Å². The highest BCUT2D eigenvalue weighted by Gasteiger charge is 2.08. The van der Waals surface area contributed by atoms with Crippen molar-refractivity contribution in [3.05, 3.63) is 63.6 Å². The molecular weight excluding hydrogens is 347 g/mol. The molecule has 1 amide bonds. The van der Waals surface area contributed by atoms with Crippen molar-refractivity contribution < 1.29 is 18.3 Å². The molecule has 0 aromatic heterocycles. The third kappa shape index (κ3) is 5.37. The van der Waals surface area contributed by atoms with Crippen molar-refractivity contribution in [1.82, 2.24) is 5.32 Å². The Balaban J connectivity index is 1.84. The number of halogens is 4. The SMILES string of the molecule is O=C(NCCc1ccc(OC(F)F)cc1)c1ccc(Cl)c(Cl)c1. The summed E-state index contributed by atoms with van der Waals surface area (Å²) in [5.41, 5.74) is 1.31. The van der Waals surface area contributed by atoms with Gasteiger partial charge in [0.05, 0.1) is 10.0 Å². The highest BCUT2D eigenvalue weighted by Crippen LogP contribution is 2.22. The van der Waals surface area contributed by atoms with Crippen molar-refractivity contribution in [2.24, 2.45) is 0 Å². The van der Waals surface area contributed by atoms with Gasteiger partial charge in [0.15, 0.2) is 0 Å². The maximum Gasteiger partial charge on any atom is 0.387 e. The third-order valence-electron chi connectivity index (χ3n) is 3.03. The lowest BCUT2D eigenvalue weighted by Gasteiger charge is -2.08. The first-order valence-corrected chi connectivity index (χ1v) is 7.48. The molecule has 0 spiro atoms. The largest absolute Gasteiger partial charge is 0.435 e. The summed E-state index contributed by atoms with van der Waals surface area (Å²) in [6.45, 7) is -2.44. The Bertz CT molecular complexity index is 678. The zero-order valence-corrected chi connectivity index (χ0v) is 13.4. The number of hydrogen-bond acceptors (Lipinski definition) is 2. The van der Waals surface area contributed by atoms with Crippen molar-refractivity contribution >= 4 is 29.1 Å². The summed E-state index contributed by atoms with van der Waals surface area (Å²) >= 11 is 11.7. The Labute approximate surface area is 142 Å². The van der Waals surface area contributed by atoms with E-state index in [1.54, 1.807) is 24.3 Å². The van der Waals surface area contributed by atoms with E-state index in [1.165, 1.54) is 18.2 Å². The van der Waals surface area contributed by atoms with E-state index in [0.717, 1.165) is 5.56 Å². The first-order chi connectivity index (χ1) is 11.0. The summed E-state index contributed by atoms with van der Waals surface area (Å²) in [5.74, 6) is -0.162. The fourth-order valence-corrected chi connectivity index (χ4v) is 2.20. The maximum absolute atomic E-state index is 12.0. The Morgan fingerprint density at radius 1 is 1.09 bits per heavy atom. The number of alkyl halides is 2. The van der Waals surface area contributed by atoms with Gasteiger partial charge in [-0.25, -0.2) is 0 Å². The normalized spacial score (nSPS) is 10.7. The highest BCUT2D eigenvalue weighted by molar-refractivity contribution is 6.42. The molecule has 0 atom stereocenters. The summed E-state index contributed by atoms with van der Waals surface area (Å²) in [5, 5.41) is 3.45. The van der Waals surface area contributed by atoms with Crippen LogP contribution in [-0.4, -0.2) is 19.1 Å². The molecule has 0 radical (unpaired) electrons. The summed E-state index contributed by atoms with van der Waals surface area (Å²) in [4.78, 5) is 12.0. The van der Waals surface area contributed by atoms with Gasteiger partial charge in [0, 0.05) is 12.1 Å². The van der Waals surface area contributed by atoms with E-state index in [9.17, 15) is 13.6 Å². The molecule has 0 saturated heterocycles. The van der Waals surface area contributed by atoms with Crippen LogP contribution >= 0.6 is 23.2 Å². The van der Waals surface area contributed by atoms with Crippen molar-refractivity contribution in [3.8, 4) is 5.75 Å². The molecule has 122 valence electrons. The quantitative estimate of drug-likeness (QED) is 0.820. The number of benzene rings is 2. The predicted octanol–water partition coefficient (Wildman–Crippen LogP) is 4.57. The summed E-state index contributed by atoms with van der Waals surface area (Å²) in [7, 11) is 0. The van der Waals surface area contributed by atoms with E-state index in [0.29, 0.717) is 28.6 Å². The number of carbonyl (C=O) groups is 1. The molecule has 2 aromatic rings. The van der Waals surface area contributed by atoms with Crippen LogP contribution in [0.3, 0.4) is 0 Å². The van der Waals surface area contributed by atoms with Gasteiger partial charge in [0.25, 0.3) is 5.91 Å². The number of nitrogens with one attached hydrogen (secondary N) is 1. The van der Waals surface area contributed by atoms with Crippen LogP contribution in [0, 0.1) is 0 Å². The minimum Gasteiger partial charge on any atom is -0.435 e. The molecule has 0 saturated carbocycles. The molecule has 2 aromatic carbocycles. The lowest BCUT2D eigenvalue weighted by atomic mass is 10.1. The molecular formula is C16H13Cl2F2NO2. The Hall–Kier alpha value is -1.85. The van der Waals surface area contributed by atoms with Gasteiger partial charge in [-0.15, -0.1) is 0 Å². The molecule has 0 heterocycles. The molecule has 7 heteroatoms. The first-order valence-electron chi connectivity index (χ1n) is 6.72. The second-order valence-electron chi connectivity index (χ2n) is 4.66. The van der Waals surface area contributed by atoms with E-state index in [-0.39, 0.29) is 11.7 Å². The van der Waals surface area contributed by atoms with Gasteiger partial charge >= 0.3 is 6.61 Å². The van der Waals surface area contributed by atoms with Gasteiger partial charge < -0.3 is 10.1 Å². The third-order valence-corrected chi connectivity index (χ3v) is 3.77. The smallest absolute Gasteiger partial charge is 0.387 e. The highest BCUT2D eigenvalue weighted by atomic mass is 35.5. The number of rotatable bonds is 6. The molecule has 0 fully saturated rings. The fraction of sp³-hybridized carbons (Fsp3) is 0.188. The molecule has 3 nitrogen and oxygen atoms in total. The van der Waals surface area contributed by atoms with Crippen LogP contribution in [0.1, 0.15) is 15.9 Å². The van der Waals surface area contributed by atoms with Crippen molar-refractivity contribution in [2.45, 2.75) is 13.0 Å². The van der Waals surface area contributed by atoms with E-state index < -0.39 is 6.61 Å². The van der Waals surface area contributed by atoms with Crippen LogP contribution in [0.2, 0.25) is 10.0 Å². The van der Waals surface area contributed by atoms with Crippen LogP contribution in [-0.2, 0) is 6.42 Å². The summed E-state index contributed by atoms with van der Waals surface area (Å²) in [6, 6.07) is 10.9. The summed E-state index contributed by atoms with van der Waals surface area (Å²) < 4.78 is 28.3. The predicted molar refractivity (Wildman–Crippen MR) is 85.6 cm³/mol. The first kappa shape index (κ1) is 17.5. The lowest BCUT2D eigenvalue weighted by Crippen LogP contribution is -2.25. The van der Waals surface area contributed by atoms with Gasteiger partial charge in [-0.1, -0.05) is 35.3 Å². The fourth-order valence-electron chi connectivity index (χ4n) is 1.90. The molecule has 0 bridgehead atoms. The van der Waals surface area contributed by atoms with Crippen molar-refractivity contribution in [3.63, 3.8) is 0 Å². The monoisotopic (exact) mass is 359 g/mol. The minimum atomic E-state index is -2.84. The number of ether oxygens (including phenoxy) is 1. The molecule has 0 aliphatic carbocycles. The second-order valence-corrected chi connectivity index (χ2v) is 5.47. The number of carbonyl (C=O) groups excluding carboxylic acids is 1. The molecule has 2 rings (SSSR count). The van der Waals surface area contributed by atoms with Crippen LogP contribution in [0.4, 0.5) is 8.78 Å². The van der Waals surface area contributed by atoms with Gasteiger partial charge in [0.2, 0.25) is 0 Å². The minimum absolute atomic E-state index is 0.101. The molecule has 23 heavy (non-hydrogen) atoms. The zero-order valence-electron chi connectivity index (χ0n) is 11.9. The van der Waals surface area contributed by atoms with Crippen molar-refractivity contribution in [2.75, 3.05) is 6.54 Å². The van der Waals surface area contributed by atoms with Gasteiger partial charge in [-0.05, 0) is 42.3 Å². The van der Waals surface area contributed by atoms with E-state index in [1.807, 2.05) is 0 Å². The van der Waals surface area contributed by atoms with Crippen molar-refractivity contribution in [1.29, 1.82) is 0 Å².